The monoisotopic (exact) mass is 471 g/mol. The van der Waals surface area contributed by atoms with Crippen LogP contribution >= 0.6 is 0 Å². The Balaban J connectivity index is 1.48. The smallest absolute Gasteiger partial charge is 0.0892 e. The number of hydrogen-bond donors (Lipinski definition) is 3. The number of allylic oxidation sites excluding steroid dienone is 1. The molecule has 5 rings (SSSR count). The molecular formula is C30H53N3O. The normalized spacial score (nSPS) is 52.0. The van der Waals surface area contributed by atoms with Gasteiger partial charge in [0.1, 0.15) is 0 Å². The highest BCUT2D eigenvalue weighted by atomic mass is 16.6. The van der Waals surface area contributed by atoms with Crippen molar-refractivity contribution >= 4 is 0 Å². The number of ether oxygens (including phenoxy) is 1. The second-order valence-corrected chi connectivity index (χ2v) is 15.0. The van der Waals surface area contributed by atoms with Crippen molar-refractivity contribution in [2.45, 2.75) is 148 Å². The van der Waals surface area contributed by atoms with Crippen molar-refractivity contribution in [1.82, 2.24) is 0 Å². The van der Waals surface area contributed by atoms with E-state index in [1.165, 1.54) is 12.8 Å². The molecule has 8 atom stereocenters. The summed E-state index contributed by atoms with van der Waals surface area (Å²) in [5.74, 6) is 0.501. The lowest BCUT2D eigenvalue weighted by Gasteiger charge is -2.67. The number of rotatable bonds is 4. The van der Waals surface area contributed by atoms with Crippen LogP contribution in [0.25, 0.3) is 0 Å². The third-order valence-electron chi connectivity index (χ3n) is 13.5. The van der Waals surface area contributed by atoms with E-state index in [2.05, 4.69) is 55.4 Å². The Kier molecular flexibility index (Phi) is 5.28. The Morgan fingerprint density at radius 2 is 1.44 bits per heavy atom. The molecule has 194 valence electrons. The van der Waals surface area contributed by atoms with Crippen LogP contribution in [0.2, 0.25) is 0 Å². The molecule has 1 aliphatic heterocycles. The highest BCUT2D eigenvalue weighted by molar-refractivity contribution is 5.44. The maximum atomic E-state index is 7.52. The molecule has 4 aliphatic carbocycles. The van der Waals surface area contributed by atoms with Crippen molar-refractivity contribution in [2.75, 3.05) is 0 Å². The van der Waals surface area contributed by atoms with Gasteiger partial charge in [-0.15, -0.1) is 0 Å². The van der Waals surface area contributed by atoms with Crippen molar-refractivity contribution < 1.29 is 4.74 Å². The predicted octanol–water partition coefficient (Wildman–Crippen LogP) is 5.82. The predicted molar refractivity (Wildman–Crippen MR) is 141 cm³/mol. The van der Waals surface area contributed by atoms with Gasteiger partial charge < -0.3 is 21.9 Å². The Morgan fingerprint density at radius 3 is 2.06 bits per heavy atom. The minimum Gasteiger partial charge on any atom is -0.367 e. The first-order valence-corrected chi connectivity index (χ1v) is 14.2. The lowest BCUT2D eigenvalue weighted by atomic mass is 9.40. The van der Waals surface area contributed by atoms with E-state index in [1.54, 1.807) is 11.1 Å². The van der Waals surface area contributed by atoms with Crippen LogP contribution in [0.3, 0.4) is 0 Å². The van der Waals surface area contributed by atoms with Gasteiger partial charge in [0.15, 0.2) is 0 Å². The first kappa shape index (κ1) is 25.2. The minimum absolute atomic E-state index is 0.0463. The van der Waals surface area contributed by atoms with Gasteiger partial charge in [0.25, 0.3) is 0 Å². The Morgan fingerprint density at radius 1 is 0.853 bits per heavy atom. The largest absolute Gasteiger partial charge is 0.367 e. The highest BCUT2D eigenvalue weighted by Gasteiger charge is 2.69. The average Bonchev–Trinajstić information content (AvgIpc) is 3.31. The SMILES string of the molecule is C[C@H](CCC1OC1(C)C)[C@@]1(N)CC[C@@]2(C)C3=C(CCC21C)C1(C)CCC(N)C(C)(C)[C@]1(N)CC3. The Labute approximate surface area is 209 Å². The molecule has 0 amide bonds. The zero-order valence-electron chi connectivity index (χ0n) is 23.4. The molecule has 4 nitrogen and oxygen atoms in total. The van der Waals surface area contributed by atoms with Crippen LogP contribution in [-0.2, 0) is 4.74 Å². The van der Waals surface area contributed by atoms with Gasteiger partial charge in [-0.05, 0) is 100 Å². The van der Waals surface area contributed by atoms with E-state index in [1.807, 2.05) is 0 Å². The maximum Gasteiger partial charge on any atom is 0.0892 e. The topological polar surface area (TPSA) is 90.6 Å². The number of fused-ring (bicyclic) bond motifs is 4. The van der Waals surface area contributed by atoms with Crippen LogP contribution in [0.4, 0.5) is 0 Å². The molecule has 5 aliphatic rings. The van der Waals surface area contributed by atoms with E-state index < -0.39 is 0 Å². The zero-order chi connectivity index (χ0) is 25.2. The van der Waals surface area contributed by atoms with Crippen LogP contribution in [0.1, 0.15) is 120 Å². The van der Waals surface area contributed by atoms with E-state index in [0.717, 1.165) is 51.4 Å². The van der Waals surface area contributed by atoms with Crippen LogP contribution in [0, 0.1) is 27.6 Å². The molecule has 1 saturated heterocycles. The van der Waals surface area contributed by atoms with Crippen LogP contribution in [-0.4, -0.2) is 28.8 Å². The van der Waals surface area contributed by atoms with Gasteiger partial charge in [-0.25, -0.2) is 0 Å². The molecule has 0 bridgehead atoms. The number of epoxide rings is 1. The summed E-state index contributed by atoms with van der Waals surface area (Å²) in [6.07, 6.45) is 11.8. The summed E-state index contributed by atoms with van der Waals surface area (Å²) in [6, 6.07) is 0.182. The first-order chi connectivity index (χ1) is 15.5. The Bertz CT molecular complexity index is 909. The fourth-order valence-corrected chi connectivity index (χ4v) is 10.0. The van der Waals surface area contributed by atoms with Crippen molar-refractivity contribution in [2.24, 2.45) is 44.8 Å². The van der Waals surface area contributed by atoms with Gasteiger partial charge in [-0.1, -0.05) is 52.7 Å². The molecule has 0 aromatic heterocycles. The van der Waals surface area contributed by atoms with E-state index in [4.69, 9.17) is 21.9 Å². The van der Waals surface area contributed by atoms with Crippen molar-refractivity contribution in [3.05, 3.63) is 11.1 Å². The molecule has 6 N–H and O–H groups in total. The Hall–Kier alpha value is -0.420. The summed E-state index contributed by atoms with van der Waals surface area (Å²) in [5.41, 5.74) is 25.1. The quantitative estimate of drug-likeness (QED) is 0.356. The molecule has 4 unspecified atom stereocenters. The third kappa shape index (κ3) is 2.81. The molecule has 0 radical (unpaired) electrons. The summed E-state index contributed by atoms with van der Waals surface area (Å²) in [4.78, 5) is 0. The fourth-order valence-electron chi connectivity index (χ4n) is 10.0. The number of nitrogens with two attached hydrogens (primary N) is 3. The summed E-state index contributed by atoms with van der Waals surface area (Å²) in [7, 11) is 0. The van der Waals surface area contributed by atoms with Gasteiger partial charge in [0.2, 0.25) is 0 Å². The average molecular weight is 472 g/mol. The molecule has 2 saturated carbocycles. The standard InChI is InChI=1S/C30H53N3O/c1-19(9-10-23-25(4,5)34-23)29(32)18-17-26(6)20-12-16-30(33)24(2,3)22(31)13-14-27(30,7)21(20)11-15-28(26,29)8/h19,22-23H,9-18,31-33H2,1-8H3/t19-,22?,23?,26+,27?,28?,29+,30-/m1/s1. The molecule has 1 heterocycles. The molecule has 34 heavy (non-hydrogen) atoms. The lowest BCUT2D eigenvalue weighted by Crippen LogP contribution is -2.73. The van der Waals surface area contributed by atoms with E-state index in [9.17, 15) is 0 Å². The van der Waals surface area contributed by atoms with Gasteiger partial charge in [-0.3, -0.25) is 0 Å². The molecule has 3 fully saturated rings. The third-order valence-corrected chi connectivity index (χ3v) is 13.5. The van der Waals surface area contributed by atoms with Gasteiger partial charge in [-0.2, -0.15) is 0 Å². The molecule has 0 aromatic carbocycles. The van der Waals surface area contributed by atoms with Crippen molar-refractivity contribution in [1.29, 1.82) is 0 Å². The van der Waals surface area contributed by atoms with Crippen LogP contribution < -0.4 is 17.2 Å². The van der Waals surface area contributed by atoms with E-state index in [-0.39, 0.29) is 44.4 Å². The van der Waals surface area contributed by atoms with Gasteiger partial charge in [0.05, 0.1) is 11.7 Å². The van der Waals surface area contributed by atoms with Crippen LogP contribution in [0.15, 0.2) is 11.1 Å². The highest BCUT2D eigenvalue weighted by Crippen LogP contribution is 2.73. The minimum atomic E-state index is -0.233. The molecule has 0 aromatic rings. The second kappa shape index (κ2) is 7.11. The first-order valence-electron chi connectivity index (χ1n) is 14.2. The van der Waals surface area contributed by atoms with Crippen molar-refractivity contribution in [3.63, 3.8) is 0 Å². The molecule has 0 spiro atoms. The number of hydrogen-bond acceptors (Lipinski definition) is 4. The van der Waals surface area contributed by atoms with E-state index >= 15 is 0 Å². The fraction of sp³-hybridized carbons (Fsp3) is 0.933. The summed E-state index contributed by atoms with van der Waals surface area (Å²) >= 11 is 0. The molecular weight excluding hydrogens is 418 g/mol. The van der Waals surface area contributed by atoms with Crippen molar-refractivity contribution in [3.8, 4) is 0 Å². The maximum absolute atomic E-state index is 7.52. The molecule has 4 heteroatoms. The second-order valence-electron chi connectivity index (χ2n) is 15.0. The van der Waals surface area contributed by atoms with Gasteiger partial charge >= 0.3 is 0 Å². The summed E-state index contributed by atoms with van der Waals surface area (Å²) in [5, 5.41) is 0. The van der Waals surface area contributed by atoms with Gasteiger partial charge in [0, 0.05) is 22.5 Å². The lowest BCUT2D eigenvalue weighted by molar-refractivity contribution is -0.0555. The van der Waals surface area contributed by atoms with Crippen LogP contribution in [0.5, 0.6) is 0 Å². The zero-order valence-corrected chi connectivity index (χ0v) is 23.4. The van der Waals surface area contributed by atoms with E-state index in [0.29, 0.717) is 12.0 Å². The summed E-state index contributed by atoms with van der Waals surface area (Å²) < 4.78 is 5.90. The summed E-state index contributed by atoms with van der Waals surface area (Å²) in [6.45, 7) is 19.1.